The van der Waals surface area contributed by atoms with Gasteiger partial charge in [0.2, 0.25) is 10.0 Å². The molecule has 1 aromatic heterocycles. The van der Waals surface area contributed by atoms with Crippen molar-refractivity contribution in [3.63, 3.8) is 0 Å². The van der Waals surface area contributed by atoms with Crippen molar-refractivity contribution in [1.82, 2.24) is 4.31 Å². The molecule has 0 aliphatic carbocycles. The maximum absolute atomic E-state index is 13.3. The van der Waals surface area contributed by atoms with Crippen LogP contribution in [0.1, 0.15) is 16.0 Å². The van der Waals surface area contributed by atoms with Crippen molar-refractivity contribution in [3.05, 3.63) is 76.0 Å². The fourth-order valence-electron chi connectivity index (χ4n) is 3.13. The van der Waals surface area contributed by atoms with Crippen LogP contribution in [-0.4, -0.2) is 33.5 Å². The quantitative estimate of drug-likeness (QED) is 0.417. The Labute approximate surface area is 189 Å². The van der Waals surface area contributed by atoms with Gasteiger partial charge in [0.1, 0.15) is 0 Å². The highest BCUT2D eigenvalue weighted by molar-refractivity contribution is 7.89. The van der Waals surface area contributed by atoms with Gasteiger partial charge in [-0.25, -0.2) is 8.42 Å². The molecule has 5 nitrogen and oxygen atoms in total. The molecule has 0 saturated heterocycles. The molecule has 32 heavy (non-hydrogen) atoms. The van der Waals surface area contributed by atoms with E-state index in [2.05, 4.69) is 0 Å². The second kappa shape index (κ2) is 9.93. The summed E-state index contributed by atoms with van der Waals surface area (Å²) in [5, 5.41) is 1.82. The summed E-state index contributed by atoms with van der Waals surface area (Å²) >= 11 is 1.38. The molecular formula is C22H22F3NO4S2. The number of methoxy groups -OCH3 is 2. The number of hydrogen-bond acceptors (Lipinski definition) is 5. The predicted octanol–water partition coefficient (Wildman–Crippen LogP) is 5.22. The van der Waals surface area contributed by atoms with Crippen LogP contribution in [0.25, 0.3) is 0 Å². The molecule has 3 rings (SSSR count). The summed E-state index contributed by atoms with van der Waals surface area (Å²) in [5.74, 6) is 1.05. The first kappa shape index (κ1) is 24.1. The molecule has 2 aromatic carbocycles. The summed E-state index contributed by atoms with van der Waals surface area (Å²) in [6, 6.07) is 12.7. The minimum absolute atomic E-state index is 0.0591. The zero-order valence-electron chi connectivity index (χ0n) is 17.4. The van der Waals surface area contributed by atoms with Crippen LogP contribution in [0.2, 0.25) is 0 Å². The summed E-state index contributed by atoms with van der Waals surface area (Å²) in [4.78, 5) is 0.393. The number of hydrogen-bond donors (Lipinski definition) is 0. The highest BCUT2D eigenvalue weighted by Gasteiger charge is 2.33. The molecular weight excluding hydrogens is 463 g/mol. The molecule has 0 amide bonds. The first-order chi connectivity index (χ1) is 15.1. The lowest BCUT2D eigenvalue weighted by molar-refractivity contribution is -0.137. The summed E-state index contributed by atoms with van der Waals surface area (Å²) in [6.45, 7) is 0.134. The lowest BCUT2D eigenvalue weighted by atomic mass is 10.1. The van der Waals surface area contributed by atoms with Gasteiger partial charge in [0, 0.05) is 18.0 Å². The van der Waals surface area contributed by atoms with Gasteiger partial charge in [0.25, 0.3) is 0 Å². The summed E-state index contributed by atoms with van der Waals surface area (Å²) < 4.78 is 77.7. The van der Waals surface area contributed by atoms with Gasteiger partial charge in [0.15, 0.2) is 11.5 Å². The van der Waals surface area contributed by atoms with E-state index in [1.807, 2.05) is 5.38 Å². The van der Waals surface area contributed by atoms with Crippen LogP contribution in [-0.2, 0) is 29.2 Å². The SMILES string of the molecule is COc1ccc(CCN(Cc2cccs2)S(=O)(=O)c2cccc(C(F)(F)F)c2)cc1OC. The van der Waals surface area contributed by atoms with Crippen molar-refractivity contribution in [2.24, 2.45) is 0 Å². The van der Waals surface area contributed by atoms with E-state index in [1.165, 1.54) is 35.9 Å². The first-order valence-corrected chi connectivity index (χ1v) is 11.9. The molecule has 0 saturated carbocycles. The maximum atomic E-state index is 13.3. The third kappa shape index (κ3) is 5.62. The monoisotopic (exact) mass is 485 g/mol. The zero-order valence-corrected chi connectivity index (χ0v) is 19.1. The van der Waals surface area contributed by atoms with Crippen LogP contribution in [0.4, 0.5) is 13.2 Å². The molecule has 172 valence electrons. The Hall–Kier alpha value is -2.56. The number of halogens is 3. The molecule has 0 N–H and O–H groups in total. The number of rotatable bonds is 9. The van der Waals surface area contributed by atoms with Crippen LogP contribution in [0.15, 0.2) is 64.9 Å². The number of ether oxygens (including phenoxy) is 2. The standard InChI is InChI=1S/C22H22F3NO4S2/c1-29-20-9-8-16(13-21(20)30-2)10-11-26(15-18-6-4-12-31-18)32(27,28)19-7-3-5-17(14-19)22(23,24)25/h3-9,12-14H,10-11,15H2,1-2H3. The molecule has 10 heteroatoms. The van der Waals surface area contributed by atoms with Gasteiger partial charge in [-0.15, -0.1) is 11.3 Å². The topological polar surface area (TPSA) is 55.8 Å². The molecule has 0 spiro atoms. The fraction of sp³-hybridized carbons (Fsp3) is 0.273. The van der Waals surface area contributed by atoms with Crippen molar-refractivity contribution in [2.45, 2.75) is 24.0 Å². The van der Waals surface area contributed by atoms with Gasteiger partial charge in [-0.3, -0.25) is 0 Å². The Morgan fingerprint density at radius 2 is 1.72 bits per heavy atom. The second-order valence-corrected chi connectivity index (χ2v) is 9.85. The molecule has 3 aromatic rings. The van der Waals surface area contributed by atoms with E-state index in [0.717, 1.165) is 22.6 Å². The fourth-order valence-corrected chi connectivity index (χ4v) is 5.40. The maximum Gasteiger partial charge on any atom is 0.416 e. The predicted molar refractivity (Wildman–Crippen MR) is 117 cm³/mol. The van der Waals surface area contributed by atoms with Gasteiger partial charge in [0.05, 0.1) is 24.7 Å². The van der Waals surface area contributed by atoms with Gasteiger partial charge < -0.3 is 9.47 Å². The highest BCUT2D eigenvalue weighted by atomic mass is 32.2. The number of thiophene rings is 1. The Bertz CT molecular complexity index is 1150. The molecule has 1 heterocycles. The van der Waals surface area contributed by atoms with Crippen LogP contribution < -0.4 is 9.47 Å². The Kier molecular flexibility index (Phi) is 7.47. The third-order valence-electron chi connectivity index (χ3n) is 4.81. The smallest absolute Gasteiger partial charge is 0.416 e. The Morgan fingerprint density at radius 1 is 0.969 bits per heavy atom. The molecule has 0 aliphatic rings. The molecule has 0 atom stereocenters. The summed E-state index contributed by atoms with van der Waals surface area (Å²) in [6.07, 6.45) is -4.30. The summed E-state index contributed by atoms with van der Waals surface area (Å²) in [7, 11) is -1.16. The normalized spacial score (nSPS) is 12.2. The number of alkyl halides is 3. The highest BCUT2D eigenvalue weighted by Crippen LogP contribution is 2.32. The van der Waals surface area contributed by atoms with Crippen LogP contribution >= 0.6 is 11.3 Å². The van der Waals surface area contributed by atoms with Crippen LogP contribution in [0.3, 0.4) is 0 Å². The zero-order chi connectivity index (χ0) is 23.4. The van der Waals surface area contributed by atoms with Gasteiger partial charge in [-0.05, 0) is 53.8 Å². The largest absolute Gasteiger partial charge is 0.493 e. The van der Waals surface area contributed by atoms with E-state index in [9.17, 15) is 21.6 Å². The van der Waals surface area contributed by atoms with E-state index in [-0.39, 0.29) is 13.1 Å². The Morgan fingerprint density at radius 3 is 2.34 bits per heavy atom. The van der Waals surface area contributed by atoms with Crippen molar-refractivity contribution < 1.29 is 31.1 Å². The van der Waals surface area contributed by atoms with Gasteiger partial charge >= 0.3 is 6.18 Å². The lowest BCUT2D eigenvalue weighted by Gasteiger charge is -2.22. The molecule has 0 unspecified atom stereocenters. The van der Waals surface area contributed by atoms with E-state index >= 15 is 0 Å². The molecule has 0 aliphatic heterocycles. The van der Waals surface area contributed by atoms with Gasteiger partial charge in [-0.1, -0.05) is 18.2 Å². The van der Waals surface area contributed by atoms with E-state index in [4.69, 9.17) is 9.47 Å². The number of sulfonamides is 1. The third-order valence-corrected chi connectivity index (χ3v) is 7.51. The van der Waals surface area contributed by atoms with Crippen LogP contribution in [0.5, 0.6) is 11.5 Å². The molecule has 0 bridgehead atoms. The average molecular weight is 486 g/mol. The van der Waals surface area contributed by atoms with E-state index < -0.39 is 26.7 Å². The number of benzene rings is 2. The molecule has 0 fully saturated rings. The van der Waals surface area contributed by atoms with Crippen molar-refractivity contribution >= 4 is 21.4 Å². The first-order valence-electron chi connectivity index (χ1n) is 9.56. The van der Waals surface area contributed by atoms with Crippen LogP contribution in [0, 0.1) is 0 Å². The van der Waals surface area contributed by atoms with Crippen molar-refractivity contribution in [1.29, 1.82) is 0 Å². The van der Waals surface area contributed by atoms with Gasteiger partial charge in [-0.2, -0.15) is 17.5 Å². The van der Waals surface area contributed by atoms with Crippen molar-refractivity contribution in [3.8, 4) is 11.5 Å². The Balaban J connectivity index is 1.91. The minimum Gasteiger partial charge on any atom is -0.493 e. The van der Waals surface area contributed by atoms with Crippen molar-refractivity contribution in [2.75, 3.05) is 20.8 Å². The molecule has 0 radical (unpaired) electrons. The average Bonchev–Trinajstić information content (AvgIpc) is 3.29. The lowest BCUT2D eigenvalue weighted by Crippen LogP contribution is -2.32. The second-order valence-electron chi connectivity index (χ2n) is 6.88. The van der Waals surface area contributed by atoms with E-state index in [1.54, 1.807) is 30.3 Å². The minimum atomic E-state index is -4.64. The van der Waals surface area contributed by atoms with E-state index in [0.29, 0.717) is 24.0 Å². The number of nitrogens with zero attached hydrogens (tertiary/aromatic N) is 1. The summed E-state index contributed by atoms with van der Waals surface area (Å²) in [5.41, 5.74) is -0.201.